The average molecular weight is 443 g/mol. The fourth-order valence-electron chi connectivity index (χ4n) is 3.82. The van der Waals surface area contributed by atoms with Crippen molar-refractivity contribution in [1.82, 2.24) is 4.57 Å². The number of fused-ring (bicyclic) bond motifs is 4. The summed E-state index contributed by atoms with van der Waals surface area (Å²) in [5.41, 5.74) is 1.82. The topological polar surface area (TPSA) is 83.7 Å². The molecule has 0 atom stereocenters. The van der Waals surface area contributed by atoms with Crippen molar-refractivity contribution in [1.29, 1.82) is 0 Å². The number of aryl methyl sites for hydroxylation is 2. The van der Waals surface area contributed by atoms with Crippen molar-refractivity contribution in [2.24, 2.45) is 0 Å². The zero-order chi connectivity index (χ0) is 20.7. The Morgan fingerprint density at radius 2 is 2.20 bits per heavy atom. The molecule has 5 rings (SSSR count). The lowest BCUT2D eigenvalue weighted by Crippen LogP contribution is -2.30. The van der Waals surface area contributed by atoms with Gasteiger partial charge in [0.15, 0.2) is 16.3 Å². The largest absolute Gasteiger partial charge is 0.454 e. The number of nitrogens with zero attached hydrogens (tertiary/aromatic N) is 1. The Hall–Kier alpha value is -2.78. The summed E-state index contributed by atoms with van der Waals surface area (Å²) in [6.45, 7) is 4.36. The highest BCUT2D eigenvalue weighted by atomic mass is 32.2. The minimum absolute atomic E-state index is 0.0123. The number of hydrogen-bond donors (Lipinski definition) is 1. The second-order valence-electron chi connectivity index (χ2n) is 7.10. The quantitative estimate of drug-likeness (QED) is 0.360. The van der Waals surface area contributed by atoms with E-state index in [9.17, 15) is 9.59 Å². The summed E-state index contributed by atoms with van der Waals surface area (Å²) < 4.78 is 12.3. The third kappa shape index (κ3) is 3.37. The molecule has 9 heteroatoms. The number of allylic oxidation sites excluding steroid dienone is 1. The minimum atomic E-state index is -0.168. The third-order valence-corrected chi connectivity index (χ3v) is 7.36. The molecule has 2 aromatic heterocycles. The van der Waals surface area contributed by atoms with Gasteiger partial charge in [-0.3, -0.25) is 4.79 Å². The normalized spacial score (nSPS) is 14.1. The molecule has 1 amide bonds. The van der Waals surface area contributed by atoms with Gasteiger partial charge in [-0.2, -0.15) is 4.57 Å². The third-order valence-electron chi connectivity index (χ3n) is 5.15. The van der Waals surface area contributed by atoms with Gasteiger partial charge in [-0.1, -0.05) is 24.0 Å². The van der Waals surface area contributed by atoms with Crippen LogP contribution in [-0.2, 0) is 24.2 Å². The molecule has 0 saturated carbocycles. The molecule has 30 heavy (non-hydrogen) atoms. The van der Waals surface area contributed by atoms with Crippen LogP contribution >= 0.6 is 23.1 Å². The predicted molar refractivity (Wildman–Crippen MR) is 117 cm³/mol. The van der Waals surface area contributed by atoms with Crippen LogP contribution in [-0.4, -0.2) is 23.0 Å². The minimum Gasteiger partial charge on any atom is -0.454 e. The van der Waals surface area contributed by atoms with E-state index in [-0.39, 0.29) is 24.0 Å². The number of thiophene rings is 1. The number of ether oxygens (including phenoxy) is 2. The van der Waals surface area contributed by atoms with Crippen LogP contribution in [0.3, 0.4) is 0 Å². The van der Waals surface area contributed by atoms with Gasteiger partial charge in [-0.25, -0.2) is 9.78 Å². The number of aromatic amines is 1. The fraction of sp³-hybridized carbons (Fsp3) is 0.286. The molecule has 2 aliphatic rings. The number of anilines is 1. The van der Waals surface area contributed by atoms with Crippen molar-refractivity contribution in [2.45, 2.75) is 31.0 Å². The van der Waals surface area contributed by atoms with Crippen LogP contribution in [0, 0.1) is 0 Å². The maximum Gasteiger partial charge on any atom is 0.347 e. The maximum atomic E-state index is 13.2. The van der Waals surface area contributed by atoms with E-state index < -0.39 is 0 Å². The highest BCUT2D eigenvalue weighted by Crippen LogP contribution is 2.35. The Balaban J connectivity index is 1.37. The molecule has 0 saturated heterocycles. The van der Waals surface area contributed by atoms with Gasteiger partial charge in [0.1, 0.15) is 11.9 Å². The van der Waals surface area contributed by atoms with E-state index in [4.69, 9.17) is 9.47 Å². The van der Waals surface area contributed by atoms with Gasteiger partial charge in [-0.05, 0) is 48.7 Å². The molecule has 2 N–H and O–H groups in total. The van der Waals surface area contributed by atoms with Gasteiger partial charge in [0.05, 0.1) is 5.75 Å². The number of aromatic nitrogens is 2. The molecule has 0 fully saturated rings. The highest BCUT2D eigenvalue weighted by Gasteiger charge is 2.27. The molecule has 7 nitrogen and oxygen atoms in total. The number of hydrogen-bond acceptors (Lipinski definition) is 6. The molecule has 3 aromatic rings. The number of H-pyrrole nitrogens is 1. The molecule has 1 aliphatic carbocycles. The van der Waals surface area contributed by atoms with Crippen LogP contribution < -0.4 is 25.3 Å². The molecule has 0 radical (unpaired) electrons. The second-order valence-corrected chi connectivity index (χ2v) is 9.17. The number of thioether (sulfide) groups is 1. The first-order valence-corrected chi connectivity index (χ1v) is 11.5. The zero-order valence-corrected chi connectivity index (χ0v) is 17.8. The monoisotopic (exact) mass is 442 g/mol. The summed E-state index contributed by atoms with van der Waals surface area (Å²) in [6, 6.07) is 5.28. The first-order chi connectivity index (χ1) is 14.6. The van der Waals surface area contributed by atoms with Gasteiger partial charge in [-0.15, -0.1) is 0 Å². The number of amides is 1. The molecular formula is C21H20N3O4S2+. The smallest absolute Gasteiger partial charge is 0.347 e. The molecule has 1 aromatic carbocycles. The summed E-state index contributed by atoms with van der Waals surface area (Å²) in [6.07, 6.45) is 4.79. The first-order valence-electron chi connectivity index (χ1n) is 9.67. The Kier molecular flexibility index (Phi) is 5.00. The molecular weight excluding hydrogens is 422 g/mol. The number of carbonyl (C=O) groups excluding carboxylic acids is 1. The van der Waals surface area contributed by atoms with E-state index in [0.29, 0.717) is 28.9 Å². The van der Waals surface area contributed by atoms with E-state index in [1.807, 2.05) is 0 Å². The van der Waals surface area contributed by atoms with Crippen molar-refractivity contribution < 1.29 is 19.3 Å². The van der Waals surface area contributed by atoms with Crippen LogP contribution in [0.5, 0.6) is 11.5 Å². The molecule has 3 heterocycles. The summed E-state index contributed by atoms with van der Waals surface area (Å²) >= 11 is 2.96. The van der Waals surface area contributed by atoms with E-state index >= 15 is 0 Å². The van der Waals surface area contributed by atoms with Crippen molar-refractivity contribution >= 4 is 44.9 Å². The van der Waals surface area contributed by atoms with Crippen LogP contribution in [0.2, 0.25) is 0 Å². The lowest BCUT2D eigenvalue weighted by atomic mass is 10.2. The van der Waals surface area contributed by atoms with Crippen LogP contribution in [0.1, 0.15) is 16.9 Å². The van der Waals surface area contributed by atoms with Gasteiger partial charge in [0.2, 0.25) is 12.7 Å². The standard InChI is InChI=1S/C21H19N3O4S2/c1-2-8-24-20(26)18-13-4-3-5-16(13)30-19(18)23-21(24)29-10-17(25)22-12-6-7-14-15(9-12)28-11-27-14/h2,6-7,9H,1,3-5,8,10-11H2,(H,22,25)/p+1. The van der Waals surface area contributed by atoms with E-state index in [1.54, 1.807) is 40.2 Å². The Labute approximate surface area is 180 Å². The lowest BCUT2D eigenvalue weighted by Gasteiger charge is -2.06. The zero-order valence-electron chi connectivity index (χ0n) is 16.2. The van der Waals surface area contributed by atoms with Crippen LogP contribution in [0.25, 0.3) is 10.2 Å². The number of rotatable bonds is 6. The number of benzene rings is 1. The Bertz CT molecular complexity index is 1230. The van der Waals surface area contributed by atoms with Gasteiger partial charge < -0.3 is 14.8 Å². The summed E-state index contributed by atoms with van der Waals surface area (Å²) in [5, 5.41) is 4.32. The highest BCUT2D eigenvalue weighted by molar-refractivity contribution is 7.99. The van der Waals surface area contributed by atoms with E-state index in [2.05, 4.69) is 16.9 Å². The molecule has 0 unspecified atom stereocenters. The first kappa shape index (κ1) is 19.2. The predicted octanol–water partition coefficient (Wildman–Crippen LogP) is 3.01. The summed E-state index contributed by atoms with van der Waals surface area (Å²) in [5.74, 6) is 1.28. The van der Waals surface area contributed by atoms with Crippen LogP contribution in [0.4, 0.5) is 5.69 Å². The molecule has 1 aliphatic heterocycles. The second kappa shape index (κ2) is 7.81. The lowest BCUT2D eigenvalue weighted by molar-refractivity contribution is -0.404. The van der Waals surface area contributed by atoms with Crippen molar-refractivity contribution in [3.05, 3.63) is 51.6 Å². The van der Waals surface area contributed by atoms with Gasteiger partial charge in [0, 0.05) is 16.6 Å². The van der Waals surface area contributed by atoms with Crippen molar-refractivity contribution in [2.75, 3.05) is 17.9 Å². The summed E-state index contributed by atoms with van der Waals surface area (Å²) in [7, 11) is 0. The van der Waals surface area contributed by atoms with Gasteiger partial charge >= 0.3 is 10.7 Å². The number of carbonyl (C=O) groups is 1. The van der Waals surface area contributed by atoms with E-state index in [0.717, 1.165) is 29.5 Å². The maximum absolute atomic E-state index is 13.2. The molecule has 0 spiro atoms. The van der Waals surface area contributed by atoms with Gasteiger partial charge in [0.25, 0.3) is 0 Å². The van der Waals surface area contributed by atoms with Crippen molar-refractivity contribution in [3.63, 3.8) is 0 Å². The Morgan fingerprint density at radius 3 is 3.07 bits per heavy atom. The molecule has 154 valence electrons. The number of nitrogens with one attached hydrogen (secondary N) is 2. The van der Waals surface area contributed by atoms with Crippen LogP contribution in [0.15, 0.2) is 40.8 Å². The van der Waals surface area contributed by atoms with E-state index in [1.165, 1.54) is 22.2 Å². The SMILES string of the molecule is C=CCn1c(SCC(=O)Nc2ccc3c(c2)OCO3)[nH+]c2sc3c(c2c1=O)CCC3. The van der Waals surface area contributed by atoms with Crippen molar-refractivity contribution in [3.8, 4) is 11.5 Å². The average Bonchev–Trinajstić information content (AvgIpc) is 3.44. The fourth-order valence-corrected chi connectivity index (χ4v) is 6.00. The Morgan fingerprint density at radius 1 is 1.33 bits per heavy atom. The summed E-state index contributed by atoms with van der Waals surface area (Å²) in [4.78, 5) is 31.2. The molecule has 0 bridgehead atoms.